The van der Waals surface area contributed by atoms with Gasteiger partial charge in [-0.15, -0.1) is 0 Å². The molecule has 1 nitrogen and oxygen atoms in total. The van der Waals surface area contributed by atoms with Crippen molar-refractivity contribution < 1.29 is 4.42 Å². The summed E-state index contributed by atoms with van der Waals surface area (Å²) in [6.07, 6.45) is 0. The zero-order chi connectivity index (χ0) is 41.2. The first kappa shape index (κ1) is 34.5. The monoisotopic (exact) mass is 796 g/mol. The van der Waals surface area contributed by atoms with Crippen molar-refractivity contribution in [3.05, 3.63) is 218 Å². The summed E-state index contributed by atoms with van der Waals surface area (Å²) in [6, 6.07) is 80.5. The molecule has 0 aliphatic rings. The summed E-state index contributed by atoms with van der Waals surface area (Å²) < 4.78 is 7.13. The molecule has 0 saturated carbocycles. The lowest BCUT2D eigenvalue weighted by molar-refractivity contribution is 0.670. The molecule has 0 aliphatic carbocycles. The van der Waals surface area contributed by atoms with Crippen LogP contribution in [0.1, 0.15) is 0 Å². The molecule has 0 atom stereocenters. The number of hydrogen-bond donors (Lipinski definition) is 0. The Balaban J connectivity index is 0.981. The topological polar surface area (TPSA) is 13.1 Å². The summed E-state index contributed by atoms with van der Waals surface area (Å²) in [5, 5.41) is 19.8. The molecule has 14 aromatic rings. The molecule has 0 amide bonds. The van der Waals surface area contributed by atoms with Gasteiger partial charge in [0, 0.05) is 21.9 Å². The summed E-state index contributed by atoms with van der Waals surface area (Å²) >= 11 is 0. The van der Waals surface area contributed by atoms with E-state index < -0.39 is 0 Å². The van der Waals surface area contributed by atoms with Gasteiger partial charge < -0.3 is 4.42 Å². The molecule has 0 fully saturated rings. The molecule has 0 aliphatic heterocycles. The fourth-order valence-electron chi connectivity index (χ4n) is 10.9. The van der Waals surface area contributed by atoms with Gasteiger partial charge in [-0.3, -0.25) is 0 Å². The van der Waals surface area contributed by atoms with Crippen molar-refractivity contribution in [2.24, 2.45) is 0 Å². The van der Waals surface area contributed by atoms with E-state index in [1.807, 2.05) is 0 Å². The first-order valence-corrected chi connectivity index (χ1v) is 21.8. The first-order valence-electron chi connectivity index (χ1n) is 21.8. The Hall–Kier alpha value is -8.26. The Morgan fingerprint density at radius 3 is 1.44 bits per heavy atom. The third-order valence-electron chi connectivity index (χ3n) is 13.8. The molecule has 0 spiro atoms. The minimum atomic E-state index is 0.896. The Kier molecular flexibility index (Phi) is 7.17. The van der Waals surface area contributed by atoms with Crippen LogP contribution < -0.4 is 0 Å². The lowest BCUT2D eigenvalue weighted by Crippen LogP contribution is -1.90. The lowest BCUT2D eigenvalue weighted by atomic mass is 9.86. The summed E-state index contributed by atoms with van der Waals surface area (Å²) in [7, 11) is 0. The van der Waals surface area contributed by atoms with Crippen molar-refractivity contribution in [3.63, 3.8) is 0 Å². The molecule has 63 heavy (non-hydrogen) atoms. The Morgan fingerprint density at radius 1 is 0.238 bits per heavy atom. The molecule has 0 bridgehead atoms. The minimum Gasteiger partial charge on any atom is -0.455 e. The molecule has 0 saturated heterocycles. The van der Waals surface area contributed by atoms with Crippen LogP contribution in [-0.4, -0.2) is 0 Å². The highest BCUT2D eigenvalue weighted by atomic mass is 16.3. The number of hydrogen-bond acceptors (Lipinski definition) is 1. The van der Waals surface area contributed by atoms with E-state index in [1.165, 1.54) is 103 Å². The average Bonchev–Trinajstić information content (AvgIpc) is 3.72. The molecule has 14 rings (SSSR count). The molecule has 290 valence electrons. The average molecular weight is 797 g/mol. The van der Waals surface area contributed by atoms with Gasteiger partial charge in [0.2, 0.25) is 0 Å². The van der Waals surface area contributed by atoms with E-state index in [0.717, 1.165) is 38.6 Å². The van der Waals surface area contributed by atoms with Crippen LogP contribution >= 0.6 is 0 Å². The first-order chi connectivity index (χ1) is 31.2. The molecule has 0 radical (unpaired) electrons. The normalized spacial score (nSPS) is 12.1. The SMILES string of the molecule is c1ccc(-c2ccc3ccc4c(-c5ccc(-c6ccc(-c7c8ccccc8cc8c7ccc7ccccc78)c7oc8cc9ccccc9cc8c67)cc5)ccc5ccc2c3c54)cc1. The third-order valence-corrected chi connectivity index (χ3v) is 13.8. The van der Waals surface area contributed by atoms with Crippen molar-refractivity contribution in [2.75, 3.05) is 0 Å². The van der Waals surface area contributed by atoms with Crippen LogP contribution in [0, 0.1) is 0 Å². The number of rotatable bonds is 4. The molecule has 0 unspecified atom stereocenters. The van der Waals surface area contributed by atoms with Crippen LogP contribution in [0.25, 0.3) is 142 Å². The second-order valence-electron chi connectivity index (χ2n) is 17.1. The molecule has 1 aromatic heterocycles. The van der Waals surface area contributed by atoms with E-state index in [4.69, 9.17) is 4.42 Å². The highest BCUT2D eigenvalue weighted by molar-refractivity contribution is 6.28. The van der Waals surface area contributed by atoms with Gasteiger partial charge in [-0.2, -0.15) is 0 Å². The maximum atomic E-state index is 7.13. The highest BCUT2D eigenvalue weighted by Gasteiger charge is 2.22. The molecule has 1 heterocycles. The van der Waals surface area contributed by atoms with Crippen molar-refractivity contribution in [2.45, 2.75) is 0 Å². The van der Waals surface area contributed by atoms with Crippen molar-refractivity contribution in [1.82, 2.24) is 0 Å². The Bertz CT molecular complexity index is 4170. The predicted octanol–water partition coefficient (Wildman–Crippen LogP) is 17.8. The van der Waals surface area contributed by atoms with E-state index in [9.17, 15) is 0 Å². The van der Waals surface area contributed by atoms with Gasteiger partial charge in [-0.25, -0.2) is 0 Å². The van der Waals surface area contributed by atoms with Gasteiger partial charge in [0.1, 0.15) is 11.2 Å². The maximum Gasteiger partial charge on any atom is 0.143 e. The third kappa shape index (κ3) is 5.05. The van der Waals surface area contributed by atoms with Gasteiger partial charge in [0.05, 0.1) is 0 Å². The second-order valence-corrected chi connectivity index (χ2v) is 17.1. The largest absolute Gasteiger partial charge is 0.455 e. The Labute approximate surface area is 363 Å². The molecule has 0 N–H and O–H groups in total. The summed E-state index contributed by atoms with van der Waals surface area (Å²) in [5.74, 6) is 0. The molecule has 1 heteroatoms. The number of benzene rings is 13. The van der Waals surface area contributed by atoms with Crippen LogP contribution in [0.5, 0.6) is 0 Å². The van der Waals surface area contributed by atoms with E-state index in [0.29, 0.717) is 0 Å². The summed E-state index contributed by atoms with van der Waals surface area (Å²) in [4.78, 5) is 0. The zero-order valence-electron chi connectivity index (χ0n) is 34.2. The fraction of sp³-hybridized carbons (Fsp3) is 0. The van der Waals surface area contributed by atoms with Crippen LogP contribution in [0.3, 0.4) is 0 Å². The van der Waals surface area contributed by atoms with Crippen molar-refractivity contribution in [1.29, 1.82) is 0 Å². The van der Waals surface area contributed by atoms with Crippen LogP contribution in [-0.2, 0) is 0 Å². The van der Waals surface area contributed by atoms with Gasteiger partial charge in [0.25, 0.3) is 0 Å². The van der Waals surface area contributed by atoms with Crippen LogP contribution in [0.2, 0.25) is 0 Å². The van der Waals surface area contributed by atoms with E-state index in [1.54, 1.807) is 0 Å². The zero-order valence-corrected chi connectivity index (χ0v) is 34.2. The van der Waals surface area contributed by atoms with Gasteiger partial charge in [-0.05, 0) is 133 Å². The molecular formula is C62H36O. The number of fused-ring (bicyclic) bond motifs is 8. The van der Waals surface area contributed by atoms with E-state index in [-0.39, 0.29) is 0 Å². The van der Waals surface area contributed by atoms with Gasteiger partial charge >= 0.3 is 0 Å². The quantitative estimate of drug-likeness (QED) is 0.128. The molecular weight excluding hydrogens is 761 g/mol. The number of furan rings is 1. The minimum absolute atomic E-state index is 0.896. The molecule has 13 aromatic carbocycles. The Morgan fingerprint density at radius 2 is 0.730 bits per heavy atom. The highest BCUT2D eigenvalue weighted by Crippen LogP contribution is 2.48. The van der Waals surface area contributed by atoms with Crippen molar-refractivity contribution >= 4 is 97.3 Å². The van der Waals surface area contributed by atoms with Gasteiger partial charge in [0.15, 0.2) is 0 Å². The van der Waals surface area contributed by atoms with E-state index >= 15 is 0 Å². The van der Waals surface area contributed by atoms with Gasteiger partial charge in [-0.1, -0.05) is 194 Å². The second kappa shape index (κ2) is 13.1. The van der Waals surface area contributed by atoms with Crippen LogP contribution in [0.4, 0.5) is 0 Å². The summed E-state index contributed by atoms with van der Waals surface area (Å²) in [6.45, 7) is 0. The standard InChI is InChI=1S/C62H36O/c1-2-10-37(11-3-1)47-27-23-41-26-31-52-48(28-24-42-25-30-51(47)58(41)59(42)52)39-18-20-40(21-19-39)50-32-33-54(62-61(50)56-34-43-13-4-5-14-44(43)36-57(56)63-62)60-49-17-9-7-15-45(49)35-55-46-16-8-6-12-38(46)22-29-53(55)60/h1-36H. The van der Waals surface area contributed by atoms with Crippen molar-refractivity contribution in [3.8, 4) is 44.5 Å². The maximum absolute atomic E-state index is 7.13. The van der Waals surface area contributed by atoms with E-state index in [2.05, 4.69) is 218 Å². The fourth-order valence-corrected chi connectivity index (χ4v) is 10.9. The lowest BCUT2D eigenvalue weighted by Gasteiger charge is -2.17. The predicted molar refractivity (Wildman–Crippen MR) is 269 cm³/mol. The van der Waals surface area contributed by atoms with Crippen LogP contribution in [0.15, 0.2) is 223 Å². The summed E-state index contributed by atoms with van der Waals surface area (Å²) in [5.41, 5.74) is 11.4. The smallest absolute Gasteiger partial charge is 0.143 e.